The number of methoxy groups -OCH3 is 1. The molecule has 0 saturated heterocycles. The van der Waals surface area contributed by atoms with Gasteiger partial charge in [0.25, 0.3) is 5.91 Å². The summed E-state index contributed by atoms with van der Waals surface area (Å²) in [6.07, 6.45) is 0. The van der Waals surface area contributed by atoms with E-state index < -0.39 is 11.9 Å². The van der Waals surface area contributed by atoms with Crippen molar-refractivity contribution >= 4 is 34.2 Å². The summed E-state index contributed by atoms with van der Waals surface area (Å²) in [6.45, 7) is 2.64. The number of carbonyl (C=O) groups is 1. The minimum atomic E-state index is -0.801. The SMILES string of the molecule is CCOc1cc(C2c3c(oc4ccccc4c3=O)C(=O)N2c2ccc(OC)c(Cl)c2)ccc1OCc1ccccc1. The van der Waals surface area contributed by atoms with Crippen LogP contribution in [0.2, 0.25) is 5.02 Å². The molecule has 0 bridgehead atoms. The predicted octanol–water partition coefficient (Wildman–Crippen LogP) is 7.18. The molecule has 4 aromatic carbocycles. The summed E-state index contributed by atoms with van der Waals surface area (Å²) in [7, 11) is 1.52. The maximum absolute atomic E-state index is 13.9. The van der Waals surface area contributed by atoms with Crippen LogP contribution in [0.15, 0.2) is 100 Å². The van der Waals surface area contributed by atoms with Gasteiger partial charge in [-0.1, -0.05) is 60.1 Å². The lowest BCUT2D eigenvalue weighted by Gasteiger charge is -2.26. The van der Waals surface area contributed by atoms with Crippen molar-refractivity contribution in [3.63, 3.8) is 0 Å². The Labute approximate surface area is 241 Å². The number of ether oxygens (including phenoxy) is 3. The predicted molar refractivity (Wildman–Crippen MR) is 158 cm³/mol. The second kappa shape index (κ2) is 11.0. The summed E-state index contributed by atoms with van der Waals surface area (Å²) in [5.74, 6) is 1.06. The van der Waals surface area contributed by atoms with Crippen molar-refractivity contribution in [2.75, 3.05) is 18.6 Å². The standard InChI is InChI=1S/C33H26ClNO6/c1-3-39-28-17-21(13-15-27(28)40-19-20-9-5-4-6-10-20)30-29-31(36)23-11-7-8-12-25(23)41-32(29)33(37)35(30)22-14-16-26(38-2)24(34)18-22/h4-18,30H,3,19H2,1-2H3. The van der Waals surface area contributed by atoms with Crippen LogP contribution in [0, 0.1) is 0 Å². The first-order chi connectivity index (χ1) is 20.0. The van der Waals surface area contributed by atoms with Crippen molar-refractivity contribution < 1.29 is 23.4 Å². The highest BCUT2D eigenvalue weighted by Gasteiger charge is 2.44. The molecule has 206 valence electrons. The van der Waals surface area contributed by atoms with E-state index in [1.54, 1.807) is 48.5 Å². The first-order valence-electron chi connectivity index (χ1n) is 13.2. The molecular formula is C33H26ClNO6. The van der Waals surface area contributed by atoms with E-state index in [0.29, 0.717) is 57.7 Å². The van der Waals surface area contributed by atoms with E-state index >= 15 is 0 Å². The van der Waals surface area contributed by atoms with Gasteiger partial charge in [-0.2, -0.15) is 0 Å². The van der Waals surface area contributed by atoms with Crippen LogP contribution < -0.4 is 24.5 Å². The number of amides is 1. The molecule has 0 radical (unpaired) electrons. The molecule has 41 heavy (non-hydrogen) atoms. The van der Waals surface area contributed by atoms with E-state index in [1.165, 1.54) is 12.0 Å². The highest BCUT2D eigenvalue weighted by atomic mass is 35.5. The van der Waals surface area contributed by atoms with Crippen LogP contribution in [-0.2, 0) is 6.61 Å². The molecule has 2 heterocycles. The lowest BCUT2D eigenvalue weighted by Crippen LogP contribution is -2.29. The van der Waals surface area contributed by atoms with E-state index in [-0.39, 0.29) is 16.8 Å². The Morgan fingerprint density at radius 1 is 0.854 bits per heavy atom. The van der Waals surface area contributed by atoms with Crippen LogP contribution in [0.25, 0.3) is 11.0 Å². The highest BCUT2D eigenvalue weighted by Crippen LogP contribution is 2.44. The van der Waals surface area contributed by atoms with Crippen LogP contribution >= 0.6 is 11.6 Å². The normalized spacial score (nSPS) is 14.3. The Balaban J connectivity index is 1.50. The molecule has 7 nitrogen and oxygen atoms in total. The minimum absolute atomic E-state index is 0.00648. The van der Waals surface area contributed by atoms with Crippen LogP contribution in [0.1, 0.15) is 40.2 Å². The molecule has 0 fully saturated rings. The van der Waals surface area contributed by atoms with Gasteiger partial charge in [0.2, 0.25) is 5.76 Å². The maximum atomic E-state index is 13.9. The molecule has 1 aliphatic rings. The number of para-hydroxylation sites is 1. The van der Waals surface area contributed by atoms with E-state index in [2.05, 4.69) is 0 Å². The number of fused-ring (bicyclic) bond motifs is 2. The van der Waals surface area contributed by atoms with Gasteiger partial charge in [0.05, 0.1) is 35.7 Å². The second-order valence-corrected chi connectivity index (χ2v) is 9.89. The topological polar surface area (TPSA) is 78.2 Å². The van der Waals surface area contributed by atoms with E-state index in [9.17, 15) is 9.59 Å². The number of carbonyl (C=O) groups excluding carboxylic acids is 1. The minimum Gasteiger partial charge on any atom is -0.495 e. The van der Waals surface area contributed by atoms with Crippen molar-refractivity contribution in [2.45, 2.75) is 19.6 Å². The molecule has 0 aliphatic carbocycles. The molecule has 0 saturated carbocycles. The van der Waals surface area contributed by atoms with Gasteiger partial charge in [0, 0.05) is 5.69 Å². The smallest absolute Gasteiger partial charge is 0.295 e. The number of hydrogen-bond acceptors (Lipinski definition) is 6. The summed E-state index contributed by atoms with van der Waals surface area (Å²) >= 11 is 6.47. The molecule has 0 N–H and O–H groups in total. The zero-order valence-corrected chi connectivity index (χ0v) is 23.2. The van der Waals surface area contributed by atoms with Crippen LogP contribution in [-0.4, -0.2) is 19.6 Å². The Bertz CT molecular complexity index is 1820. The number of rotatable bonds is 8. The lowest BCUT2D eigenvalue weighted by atomic mass is 9.97. The number of halogens is 1. The quantitative estimate of drug-likeness (QED) is 0.198. The Hall–Kier alpha value is -4.75. The first kappa shape index (κ1) is 26.5. The molecule has 1 amide bonds. The first-order valence-corrected chi connectivity index (χ1v) is 13.5. The summed E-state index contributed by atoms with van der Waals surface area (Å²) in [5, 5.41) is 0.725. The molecule has 1 aromatic heterocycles. The number of hydrogen-bond donors (Lipinski definition) is 0. The molecule has 8 heteroatoms. The molecular weight excluding hydrogens is 542 g/mol. The van der Waals surface area contributed by atoms with Gasteiger partial charge in [-0.3, -0.25) is 14.5 Å². The van der Waals surface area contributed by atoms with Gasteiger partial charge in [-0.15, -0.1) is 0 Å². The lowest BCUT2D eigenvalue weighted by molar-refractivity contribution is 0.0971. The fourth-order valence-corrected chi connectivity index (χ4v) is 5.38. The van der Waals surface area contributed by atoms with E-state index in [4.69, 9.17) is 30.2 Å². The van der Waals surface area contributed by atoms with Crippen molar-refractivity contribution in [1.82, 2.24) is 0 Å². The van der Waals surface area contributed by atoms with Gasteiger partial charge in [-0.25, -0.2) is 0 Å². The summed E-state index contributed by atoms with van der Waals surface area (Å²) in [5.41, 5.74) is 2.48. The van der Waals surface area contributed by atoms with Crippen molar-refractivity contribution in [3.05, 3.63) is 129 Å². The average molecular weight is 568 g/mol. The third-order valence-corrected chi connectivity index (χ3v) is 7.31. The molecule has 1 unspecified atom stereocenters. The molecule has 0 spiro atoms. The summed E-state index contributed by atoms with van der Waals surface area (Å²) in [4.78, 5) is 29.4. The van der Waals surface area contributed by atoms with Crippen LogP contribution in [0.5, 0.6) is 17.2 Å². The fraction of sp³-hybridized carbons (Fsp3) is 0.152. The third-order valence-electron chi connectivity index (χ3n) is 7.01. The van der Waals surface area contributed by atoms with Crippen molar-refractivity contribution in [1.29, 1.82) is 0 Å². The van der Waals surface area contributed by atoms with Gasteiger partial charge >= 0.3 is 0 Å². The molecule has 1 aliphatic heterocycles. The van der Waals surface area contributed by atoms with Gasteiger partial charge in [0.1, 0.15) is 17.9 Å². The Morgan fingerprint density at radius 2 is 1.61 bits per heavy atom. The summed E-state index contributed by atoms with van der Waals surface area (Å²) in [6, 6.07) is 26.4. The molecule has 5 aromatic rings. The highest BCUT2D eigenvalue weighted by molar-refractivity contribution is 6.32. The number of benzene rings is 4. The maximum Gasteiger partial charge on any atom is 0.295 e. The third kappa shape index (κ3) is 4.78. The fourth-order valence-electron chi connectivity index (χ4n) is 5.12. The van der Waals surface area contributed by atoms with Gasteiger partial charge in [-0.05, 0) is 60.5 Å². The zero-order valence-electron chi connectivity index (χ0n) is 22.4. The van der Waals surface area contributed by atoms with E-state index in [0.717, 1.165) is 5.56 Å². The Morgan fingerprint density at radius 3 is 2.37 bits per heavy atom. The van der Waals surface area contributed by atoms with Gasteiger partial charge < -0.3 is 18.6 Å². The average Bonchev–Trinajstić information content (AvgIpc) is 3.29. The number of nitrogens with zero attached hydrogens (tertiary/aromatic N) is 1. The van der Waals surface area contributed by atoms with Crippen molar-refractivity contribution in [3.8, 4) is 17.2 Å². The molecule has 6 rings (SSSR count). The summed E-state index contributed by atoms with van der Waals surface area (Å²) < 4.78 is 23.4. The van der Waals surface area contributed by atoms with Crippen LogP contribution in [0.3, 0.4) is 0 Å². The largest absolute Gasteiger partial charge is 0.495 e. The van der Waals surface area contributed by atoms with Crippen LogP contribution in [0.4, 0.5) is 5.69 Å². The molecule has 1 atom stereocenters. The monoisotopic (exact) mass is 567 g/mol. The van der Waals surface area contributed by atoms with Crippen molar-refractivity contribution in [2.24, 2.45) is 0 Å². The zero-order chi connectivity index (χ0) is 28.5. The number of anilines is 1. The Kier molecular flexibility index (Phi) is 7.12. The second-order valence-electron chi connectivity index (χ2n) is 9.48. The van der Waals surface area contributed by atoms with E-state index in [1.807, 2.05) is 49.4 Å². The van der Waals surface area contributed by atoms with Gasteiger partial charge in [0.15, 0.2) is 16.9 Å².